The number of ether oxygens (including phenoxy) is 6. The molecule has 17 nitrogen and oxygen atoms in total. The highest BCUT2D eigenvalue weighted by Gasteiger charge is 2.56. The minimum Gasteiger partial charge on any atom is -0.507 e. The Morgan fingerprint density at radius 2 is 1.55 bits per heavy atom. The Labute approximate surface area is 326 Å². The highest BCUT2D eigenvalue weighted by atomic mass is 35.5. The zero-order valence-corrected chi connectivity index (χ0v) is 31.6. The number of halogens is 2. The number of aliphatic hydroxyl groups excluding tert-OH is 6. The summed E-state index contributed by atoms with van der Waals surface area (Å²) in [5.74, 6) is -3.83. The van der Waals surface area contributed by atoms with Gasteiger partial charge in [-0.15, -0.1) is 0 Å². The first-order chi connectivity index (χ1) is 26.1. The molecule has 4 aliphatic heterocycles. The minimum atomic E-state index is -1.85. The molecule has 19 heteroatoms. The third-order valence-corrected chi connectivity index (χ3v) is 9.31. The van der Waals surface area contributed by atoms with Crippen LogP contribution in [0.3, 0.4) is 0 Å². The highest BCUT2D eigenvalue weighted by Crippen LogP contribution is 2.35. The van der Waals surface area contributed by atoms with Crippen LogP contribution in [0.4, 0.5) is 0 Å². The van der Waals surface area contributed by atoms with E-state index in [0.717, 1.165) is 11.0 Å². The van der Waals surface area contributed by atoms with Gasteiger partial charge in [-0.2, -0.15) is 0 Å². The lowest BCUT2D eigenvalue weighted by molar-refractivity contribution is -0.338. The zero-order valence-electron chi connectivity index (χ0n) is 30.0. The molecule has 304 valence electrons. The molecule has 0 radical (unpaired) electrons. The number of carbonyl (C=O) groups is 3. The molecule has 55 heavy (non-hydrogen) atoms. The van der Waals surface area contributed by atoms with Crippen LogP contribution < -0.4 is 5.73 Å². The van der Waals surface area contributed by atoms with Gasteiger partial charge in [-0.25, -0.2) is 0 Å². The average Bonchev–Trinajstić information content (AvgIpc) is 3.53. The van der Waals surface area contributed by atoms with Crippen LogP contribution in [0, 0.1) is 0 Å². The Kier molecular flexibility index (Phi) is 16.4. The number of rotatable bonds is 14. The van der Waals surface area contributed by atoms with Crippen molar-refractivity contribution in [3.05, 3.63) is 82.2 Å². The number of amides is 2. The summed E-state index contributed by atoms with van der Waals surface area (Å²) in [6.07, 6.45) is -2.29. The van der Waals surface area contributed by atoms with Gasteiger partial charge < -0.3 is 64.8 Å². The van der Waals surface area contributed by atoms with E-state index in [4.69, 9.17) is 57.4 Å². The topological polar surface area (TPSA) is 257 Å². The number of hydrogen-bond acceptors (Lipinski definition) is 15. The van der Waals surface area contributed by atoms with Crippen LogP contribution in [0.15, 0.2) is 82.2 Å². The summed E-state index contributed by atoms with van der Waals surface area (Å²) in [5.41, 5.74) is 4.70. The molecule has 4 saturated heterocycles. The molecule has 0 bridgehead atoms. The third-order valence-electron chi connectivity index (χ3n) is 8.96. The van der Waals surface area contributed by atoms with Crippen molar-refractivity contribution in [2.75, 3.05) is 20.3 Å². The van der Waals surface area contributed by atoms with E-state index in [1.165, 1.54) is 19.3 Å². The smallest absolute Gasteiger partial charge is 0.264 e. The molecule has 0 saturated carbocycles. The standard InChI is InChI=1S/C36H46Cl2N2O15/c1-17(37)13-19(38)11-9-7-5-4-6-8-10-12-21(41)25-27(45)20(14-24(39)43)40(33(25)49)34-31(28(46)22(42)15-51-34)55-35-30(48)29(47)23(16-52-35)54-36-32(50-3)26(44)18(2)53-36/h4-13,18,20,22-23,26,28-32,34-36,41-42,44,46-48H,14-16H2,1-3H3,(H2,39,43)/b5-4+,8-6+,9-7+,12-10+,17-13+,19-11-,25-21?/t18-,20+,22-,23-,26-,28-,29+,30+,31+,32+,34?,35+,36+/m1/s1. The number of methoxy groups -OCH3 is 1. The number of Topliss-reactive ketones (excluding diaryl/α,β-unsaturated/α-hetero) is 1. The molecule has 1 unspecified atom stereocenters. The van der Waals surface area contributed by atoms with Crippen LogP contribution in [0.25, 0.3) is 0 Å². The quantitative estimate of drug-likeness (QED) is 0.0527. The van der Waals surface area contributed by atoms with E-state index in [2.05, 4.69) is 0 Å². The first-order valence-electron chi connectivity index (χ1n) is 17.2. The normalized spacial score (nSPS) is 37.8. The number of hydrogen-bond donors (Lipinski definition) is 7. The van der Waals surface area contributed by atoms with Crippen molar-refractivity contribution in [2.45, 2.75) is 100 Å². The molecule has 4 fully saturated rings. The van der Waals surface area contributed by atoms with Gasteiger partial charge in [0.05, 0.1) is 25.7 Å². The second-order valence-corrected chi connectivity index (χ2v) is 14.0. The number of carbonyl (C=O) groups excluding carboxylic acids is 3. The SMILES string of the molecule is CO[C@@H]1[C@H](O[C@@H]2CO[C@@H](O[C@@H]3C(N4C(=O)C(=C(O)/C=C/C=C/C=C/C=C/C=C(Cl)/C=C(\C)Cl)C(=O)[C@@H]4CC(N)=O)OC[C@@H](O)[C@H]3O)[C@@H](O)[C@H]2O)O[C@H](C)[C@H]1O. The Balaban J connectivity index is 1.50. The molecule has 0 aromatic carbocycles. The Morgan fingerprint density at radius 3 is 2.18 bits per heavy atom. The van der Waals surface area contributed by atoms with Crippen LogP contribution in [0.1, 0.15) is 20.3 Å². The number of nitrogens with two attached hydrogens (primary N) is 1. The molecule has 0 aromatic heterocycles. The first-order valence-corrected chi connectivity index (χ1v) is 17.9. The first kappa shape index (κ1) is 44.4. The summed E-state index contributed by atoms with van der Waals surface area (Å²) in [7, 11) is 1.34. The molecule has 0 spiro atoms. The lowest BCUT2D eigenvalue weighted by Crippen LogP contribution is -2.65. The van der Waals surface area contributed by atoms with Crippen molar-refractivity contribution in [3.8, 4) is 0 Å². The maximum Gasteiger partial charge on any atom is 0.264 e. The highest BCUT2D eigenvalue weighted by molar-refractivity contribution is 6.34. The number of nitrogens with zero attached hydrogens (tertiary/aromatic N) is 1. The van der Waals surface area contributed by atoms with Gasteiger partial charge in [0, 0.05) is 17.2 Å². The maximum absolute atomic E-state index is 13.8. The summed E-state index contributed by atoms with van der Waals surface area (Å²) < 4.78 is 33.7. The molecule has 2 amide bonds. The molecular weight excluding hydrogens is 771 g/mol. The fraction of sp³-hybridized carbons (Fsp3) is 0.528. The molecule has 4 heterocycles. The number of primary amides is 1. The second-order valence-electron chi connectivity index (χ2n) is 13.0. The number of likely N-dealkylation sites (tertiary alicyclic amines) is 1. The molecule has 8 N–H and O–H groups in total. The van der Waals surface area contributed by atoms with E-state index in [9.17, 15) is 45.0 Å². The fourth-order valence-electron chi connectivity index (χ4n) is 6.17. The molecule has 4 aliphatic rings. The predicted molar refractivity (Wildman–Crippen MR) is 194 cm³/mol. The van der Waals surface area contributed by atoms with E-state index >= 15 is 0 Å². The summed E-state index contributed by atoms with van der Waals surface area (Å²) >= 11 is 11.8. The van der Waals surface area contributed by atoms with Gasteiger partial charge >= 0.3 is 0 Å². The van der Waals surface area contributed by atoms with Crippen molar-refractivity contribution < 1.29 is 73.4 Å². The third kappa shape index (κ3) is 11.0. The van der Waals surface area contributed by atoms with Crippen molar-refractivity contribution in [1.82, 2.24) is 4.90 Å². The van der Waals surface area contributed by atoms with Gasteiger partial charge in [-0.1, -0.05) is 65.7 Å². The Morgan fingerprint density at radius 1 is 0.891 bits per heavy atom. The summed E-state index contributed by atoms with van der Waals surface area (Å²) in [6.45, 7) is 2.32. The van der Waals surface area contributed by atoms with E-state index < -0.39 is 128 Å². The second kappa shape index (κ2) is 20.2. The van der Waals surface area contributed by atoms with Crippen molar-refractivity contribution in [3.63, 3.8) is 0 Å². The van der Waals surface area contributed by atoms with Crippen LogP contribution in [0.5, 0.6) is 0 Å². The van der Waals surface area contributed by atoms with Crippen molar-refractivity contribution in [2.24, 2.45) is 5.73 Å². The molecule has 4 rings (SSSR count). The van der Waals surface area contributed by atoms with E-state index in [0.29, 0.717) is 10.1 Å². The number of aliphatic hydroxyl groups is 6. The largest absolute Gasteiger partial charge is 0.507 e. The molecule has 13 atom stereocenters. The monoisotopic (exact) mass is 816 g/mol. The van der Waals surface area contributed by atoms with Crippen LogP contribution in [-0.4, -0.2) is 153 Å². The van der Waals surface area contributed by atoms with E-state index in [-0.39, 0.29) is 0 Å². The van der Waals surface area contributed by atoms with Gasteiger partial charge in [-0.3, -0.25) is 19.3 Å². The minimum absolute atomic E-state index is 0.404. The summed E-state index contributed by atoms with van der Waals surface area (Å²) in [6, 6.07) is -1.62. The Bertz CT molecular complexity index is 1610. The van der Waals surface area contributed by atoms with Crippen LogP contribution in [0.2, 0.25) is 0 Å². The lowest BCUT2D eigenvalue weighted by Gasteiger charge is -2.46. The number of allylic oxidation sites excluding steroid dienone is 12. The van der Waals surface area contributed by atoms with E-state index in [1.54, 1.807) is 56.4 Å². The average molecular weight is 818 g/mol. The summed E-state index contributed by atoms with van der Waals surface area (Å²) in [5, 5.41) is 65.5. The Hall–Kier alpha value is -3.27. The fourth-order valence-corrected chi connectivity index (χ4v) is 6.58. The van der Waals surface area contributed by atoms with E-state index in [1.807, 2.05) is 0 Å². The molecular formula is C36H46Cl2N2O15. The lowest BCUT2D eigenvalue weighted by atomic mass is 10.0. The molecule has 0 aliphatic carbocycles. The van der Waals surface area contributed by atoms with Gasteiger partial charge in [0.1, 0.15) is 66.2 Å². The van der Waals surface area contributed by atoms with Gasteiger partial charge in [0.15, 0.2) is 24.6 Å². The summed E-state index contributed by atoms with van der Waals surface area (Å²) in [4.78, 5) is 40.2. The zero-order chi connectivity index (χ0) is 40.6. The van der Waals surface area contributed by atoms with Crippen LogP contribution >= 0.6 is 23.2 Å². The van der Waals surface area contributed by atoms with Crippen molar-refractivity contribution in [1.29, 1.82) is 0 Å². The van der Waals surface area contributed by atoms with Crippen LogP contribution in [-0.2, 0) is 42.8 Å². The predicted octanol–water partition coefficient (Wildman–Crippen LogP) is -0.00880. The van der Waals surface area contributed by atoms with Gasteiger partial charge in [-0.05, 0) is 32.1 Å². The number of ketones is 1. The molecule has 0 aromatic rings. The van der Waals surface area contributed by atoms with Gasteiger partial charge in [0.25, 0.3) is 5.91 Å². The van der Waals surface area contributed by atoms with Crippen molar-refractivity contribution >= 4 is 40.8 Å². The maximum atomic E-state index is 13.8. The van der Waals surface area contributed by atoms with Gasteiger partial charge in [0.2, 0.25) is 5.91 Å².